The second kappa shape index (κ2) is 6.45. The minimum absolute atomic E-state index is 0.369. The maximum absolute atomic E-state index is 12.7. The molecule has 0 spiro atoms. The first-order valence-electron chi connectivity index (χ1n) is 7.63. The number of carbonyl (C=O) groups is 2. The van der Waals surface area contributed by atoms with E-state index in [2.05, 4.69) is 0 Å². The minimum atomic E-state index is -0.630. The zero-order chi connectivity index (χ0) is 17.2. The second-order valence-corrected chi connectivity index (χ2v) is 6.60. The Kier molecular flexibility index (Phi) is 4.79. The molecule has 2 amide bonds. The molecule has 1 aromatic rings. The molecule has 23 heavy (non-hydrogen) atoms. The predicted octanol–water partition coefficient (Wildman–Crippen LogP) is 1.87. The van der Waals surface area contributed by atoms with Crippen molar-refractivity contribution in [3.63, 3.8) is 0 Å². The molecule has 4 N–H and O–H groups in total. The molecule has 1 heterocycles. The Bertz CT molecular complexity index is 597. The Balaban J connectivity index is 2.14. The first kappa shape index (κ1) is 17.1. The van der Waals surface area contributed by atoms with E-state index in [1.165, 1.54) is 4.90 Å². The van der Waals surface area contributed by atoms with Gasteiger partial charge in [-0.1, -0.05) is 12.1 Å². The number of likely N-dealkylation sites (tertiary alicyclic amines) is 1. The number of ether oxygens (including phenoxy) is 1. The molecule has 1 aromatic carbocycles. The molecule has 126 valence electrons. The molecule has 1 aliphatic rings. The number of anilines is 2. The van der Waals surface area contributed by atoms with Crippen LogP contribution in [0.4, 0.5) is 16.2 Å². The van der Waals surface area contributed by atoms with Gasteiger partial charge in [0.25, 0.3) is 5.91 Å². The van der Waals surface area contributed by atoms with Crippen LogP contribution in [0.15, 0.2) is 24.3 Å². The van der Waals surface area contributed by atoms with E-state index >= 15 is 0 Å². The number of rotatable bonds is 2. The maximum Gasteiger partial charge on any atom is 0.410 e. The minimum Gasteiger partial charge on any atom is -0.444 e. The van der Waals surface area contributed by atoms with Crippen LogP contribution >= 0.6 is 0 Å². The lowest BCUT2D eigenvalue weighted by Gasteiger charge is -2.30. The first-order valence-corrected chi connectivity index (χ1v) is 7.63. The van der Waals surface area contributed by atoms with E-state index in [9.17, 15) is 9.59 Å². The number of hydrazine groups is 1. The standard InChI is InChI=1S/C16H24N4O3/c1-16(2,3)23-15(22)19-10-6-9-13(19)14(21)20(18)12-8-5-4-7-11(12)17/h4-5,7-8,13H,6,9-10,17-18H2,1-3H3/t13-/m0/s1. The summed E-state index contributed by atoms with van der Waals surface area (Å²) in [5.74, 6) is 5.56. The molecule has 2 rings (SSSR count). The fraction of sp³-hybridized carbons (Fsp3) is 0.500. The zero-order valence-electron chi connectivity index (χ0n) is 13.8. The number of nitrogen functional groups attached to an aromatic ring is 1. The maximum atomic E-state index is 12.7. The number of amides is 2. The fourth-order valence-corrected chi connectivity index (χ4v) is 2.55. The molecular formula is C16H24N4O3. The summed E-state index contributed by atoms with van der Waals surface area (Å²) in [6.45, 7) is 5.84. The third-order valence-corrected chi connectivity index (χ3v) is 3.60. The SMILES string of the molecule is CC(C)(C)OC(=O)N1CCC[C@H]1C(=O)N(N)c1ccccc1N. The van der Waals surface area contributed by atoms with Gasteiger partial charge in [0.15, 0.2) is 0 Å². The summed E-state index contributed by atoms with van der Waals surface area (Å²) in [5, 5.41) is 1.02. The number of nitrogens with two attached hydrogens (primary N) is 2. The van der Waals surface area contributed by atoms with Crippen molar-refractivity contribution >= 4 is 23.4 Å². The van der Waals surface area contributed by atoms with Gasteiger partial charge in [-0.15, -0.1) is 0 Å². The molecule has 1 atom stereocenters. The monoisotopic (exact) mass is 320 g/mol. The molecule has 0 saturated carbocycles. The number of hydrogen-bond acceptors (Lipinski definition) is 5. The van der Waals surface area contributed by atoms with Crippen LogP contribution < -0.4 is 16.6 Å². The Morgan fingerprint density at radius 1 is 1.30 bits per heavy atom. The number of hydrogen-bond donors (Lipinski definition) is 2. The van der Waals surface area contributed by atoms with Crippen molar-refractivity contribution < 1.29 is 14.3 Å². The highest BCUT2D eigenvalue weighted by atomic mass is 16.6. The molecule has 0 radical (unpaired) electrons. The molecule has 0 aliphatic carbocycles. The van der Waals surface area contributed by atoms with Gasteiger partial charge in [-0.2, -0.15) is 0 Å². The van der Waals surface area contributed by atoms with Crippen LogP contribution in [0.1, 0.15) is 33.6 Å². The van der Waals surface area contributed by atoms with Crippen LogP contribution in [-0.2, 0) is 9.53 Å². The topological polar surface area (TPSA) is 102 Å². The highest BCUT2D eigenvalue weighted by Gasteiger charge is 2.38. The number of para-hydroxylation sites is 2. The normalized spacial score (nSPS) is 17.9. The van der Waals surface area contributed by atoms with Crippen LogP contribution in [0, 0.1) is 0 Å². The van der Waals surface area contributed by atoms with E-state index in [-0.39, 0.29) is 5.91 Å². The van der Waals surface area contributed by atoms with Crippen molar-refractivity contribution in [3.05, 3.63) is 24.3 Å². The van der Waals surface area contributed by atoms with Gasteiger partial charge in [-0.05, 0) is 45.7 Å². The van der Waals surface area contributed by atoms with Crippen LogP contribution in [0.3, 0.4) is 0 Å². The highest BCUT2D eigenvalue weighted by molar-refractivity contribution is 6.00. The van der Waals surface area contributed by atoms with E-state index in [0.29, 0.717) is 24.3 Å². The van der Waals surface area contributed by atoms with E-state index in [1.807, 2.05) is 0 Å². The molecule has 7 nitrogen and oxygen atoms in total. The van der Waals surface area contributed by atoms with Gasteiger partial charge in [0, 0.05) is 6.54 Å². The van der Waals surface area contributed by atoms with Crippen molar-refractivity contribution in [1.29, 1.82) is 0 Å². The number of carbonyl (C=O) groups excluding carboxylic acids is 2. The molecule has 0 bridgehead atoms. The molecule has 0 aromatic heterocycles. The highest BCUT2D eigenvalue weighted by Crippen LogP contribution is 2.26. The Morgan fingerprint density at radius 2 is 1.96 bits per heavy atom. The summed E-state index contributed by atoms with van der Waals surface area (Å²) in [4.78, 5) is 26.4. The van der Waals surface area contributed by atoms with Gasteiger partial charge in [0.1, 0.15) is 11.6 Å². The number of nitrogens with zero attached hydrogens (tertiary/aromatic N) is 2. The Labute approximate surface area is 136 Å². The molecule has 0 unspecified atom stereocenters. The summed E-state index contributed by atoms with van der Waals surface area (Å²) < 4.78 is 5.36. The predicted molar refractivity (Wildman–Crippen MR) is 88.5 cm³/mol. The van der Waals surface area contributed by atoms with Crippen molar-refractivity contribution in [2.75, 3.05) is 17.3 Å². The molecule has 1 fully saturated rings. The quantitative estimate of drug-likeness (QED) is 0.375. The average molecular weight is 320 g/mol. The summed E-state index contributed by atoms with van der Waals surface area (Å²) in [6, 6.07) is 6.22. The summed E-state index contributed by atoms with van der Waals surface area (Å²) in [7, 11) is 0. The zero-order valence-corrected chi connectivity index (χ0v) is 13.8. The second-order valence-electron chi connectivity index (χ2n) is 6.60. The van der Waals surface area contributed by atoms with Gasteiger partial charge in [-0.25, -0.2) is 15.6 Å². The molecule has 1 saturated heterocycles. The summed E-state index contributed by atoms with van der Waals surface area (Å²) in [6.07, 6.45) is 0.787. The third kappa shape index (κ3) is 3.92. The van der Waals surface area contributed by atoms with E-state index in [4.69, 9.17) is 16.3 Å². The van der Waals surface area contributed by atoms with Crippen molar-refractivity contribution in [1.82, 2.24) is 4.90 Å². The lowest BCUT2D eigenvalue weighted by Crippen LogP contribution is -2.51. The summed E-state index contributed by atoms with van der Waals surface area (Å²) in [5.41, 5.74) is 6.08. The van der Waals surface area contributed by atoms with Gasteiger partial charge in [0.05, 0.1) is 11.4 Å². The van der Waals surface area contributed by atoms with Crippen LogP contribution in [0.5, 0.6) is 0 Å². The van der Waals surface area contributed by atoms with E-state index in [1.54, 1.807) is 45.0 Å². The smallest absolute Gasteiger partial charge is 0.410 e. The summed E-state index contributed by atoms with van der Waals surface area (Å²) >= 11 is 0. The van der Waals surface area contributed by atoms with Gasteiger partial charge >= 0.3 is 6.09 Å². The molecular weight excluding hydrogens is 296 g/mol. The average Bonchev–Trinajstić information content (AvgIpc) is 2.94. The van der Waals surface area contributed by atoms with Gasteiger partial charge < -0.3 is 10.5 Å². The van der Waals surface area contributed by atoms with Crippen LogP contribution in [0.25, 0.3) is 0 Å². The van der Waals surface area contributed by atoms with Gasteiger partial charge in [0.2, 0.25) is 0 Å². The lowest BCUT2D eigenvalue weighted by molar-refractivity contribution is -0.123. The van der Waals surface area contributed by atoms with Crippen molar-refractivity contribution in [2.24, 2.45) is 5.84 Å². The van der Waals surface area contributed by atoms with Crippen LogP contribution in [-0.4, -0.2) is 35.1 Å². The van der Waals surface area contributed by atoms with E-state index < -0.39 is 17.7 Å². The Hall–Kier alpha value is -2.28. The lowest BCUT2D eigenvalue weighted by atomic mass is 10.2. The van der Waals surface area contributed by atoms with Crippen molar-refractivity contribution in [2.45, 2.75) is 45.3 Å². The molecule has 7 heteroatoms. The molecule has 1 aliphatic heterocycles. The number of benzene rings is 1. The van der Waals surface area contributed by atoms with Crippen LogP contribution in [0.2, 0.25) is 0 Å². The van der Waals surface area contributed by atoms with E-state index in [0.717, 1.165) is 11.4 Å². The third-order valence-electron chi connectivity index (χ3n) is 3.60. The Morgan fingerprint density at radius 3 is 2.57 bits per heavy atom. The van der Waals surface area contributed by atoms with Crippen molar-refractivity contribution in [3.8, 4) is 0 Å². The largest absolute Gasteiger partial charge is 0.444 e. The fourth-order valence-electron chi connectivity index (χ4n) is 2.55. The van der Waals surface area contributed by atoms with Gasteiger partial charge in [-0.3, -0.25) is 9.69 Å². The first-order chi connectivity index (χ1) is 10.7.